The summed E-state index contributed by atoms with van der Waals surface area (Å²) in [4.78, 5) is 0. The second-order valence-electron chi connectivity index (χ2n) is 4.04. The summed E-state index contributed by atoms with van der Waals surface area (Å²) in [5.74, 6) is 0. The predicted molar refractivity (Wildman–Crippen MR) is 66.7 cm³/mol. The number of benzene rings is 1. The summed E-state index contributed by atoms with van der Waals surface area (Å²) < 4.78 is 39.6. The Kier molecular flexibility index (Phi) is 3.64. The lowest BCUT2D eigenvalue weighted by Gasteiger charge is -2.10. The molecule has 4 nitrogen and oxygen atoms in total. The summed E-state index contributed by atoms with van der Waals surface area (Å²) in [6, 6.07) is 3.51. The molecule has 0 fully saturated rings. The monoisotopic (exact) mass is 334 g/mol. The van der Waals surface area contributed by atoms with E-state index in [0.29, 0.717) is 5.69 Å². The van der Waals surface area contributed by atoms with Gasteiger partial charge in [-0.05, 0) is 25.1 Å². The second kappa shape index (κ2) is 4.93. The molecule has 0 aliphatic heterocycles. The molecule has 1 unspecified atom stereocenters. The summed E-state index contributed by atoms with van der Waals surface area (Å²) in [7, 11) is 0. The van der Waals surface area contributed by atoms with E-state index in [1.54, 1.807) is 6.92 Å². The van der Waals surface area contributed by atoms with E-state index < -0.39 is 11.7 Å². The van der Waals surface area contributed by atoms with Crippen LogP contribution in [0.25, 0.3) is 5.69 Å². The quantitative estimate of drug-likeness (QED) is 0.918. The van der Waals surface area contributed by atoms with E-state index in [0.717, 1.165) is 6.07 Å². The number of nitrogens with zero attached hydrogens (tertiary/aromatic N) is 3. The van der Waals surface area contributed by atoms with Gasteiger partial charge in [-0.1, -0.05) is 21.1 Å². The van der Waals surface area contributed by atoms with E-state index in [1.165, 1.54) is 23.0 Å². The molecular formula is C11H10BrF3N4. The number of alkyl halides is 3. The molecule has 0 amide bonds. The van der Waals surface area contributed by atoms with Crippen LogP contribution >= 0.6 is 15.9 Å². The van der Waals surface area contributed by atoms with E-state index in [9.17, 15) is 13.2 Å². The molecule has 1 heterocycles. The highest BCUT2D eigenvalue weighted by molar-refractivity contribution is 9.10. The Morgan fingerprint density at radius 2 is 2.05 bits per heavy atom. The molecule has 0 aliphatic carbocycles. The van der Waals surface area contributed by atoms with Crippen molar-refractivity contribution in [3.63, 3.8) is 0 Å². The SMILES string of the molecule is CC(N)c1cn(-c2ccc(Br)c(C(F)(F)F)c2)nn1. The maximum absolute atomic E-state index is 12.8. The number of halogens is 4. The Balaban J connectivity index is 2.45. The summed E-state index contributed by atoms with van der Waals surface area (Å²) >= 11 is 2.88. The number of hydrogen-bond acceptors (Lipinski definition) is 3. The van der Waals surface area contributed by atoms with Crippen molar-refractivity contribution < 1.29 is 13.2 Å². The molecule has 1 aromatic carbocycles. The Morgan fingerprint density at radius 1 is 1.37 bits per heavy atom. The van der Waals surface area contributed by atoms with Gasteiger partial charge >= 0.3 is 6.18 Å². The lowest BCUT2D eigenvalue weighted by molar-refractivity contribution is -0.138. The number of rotatable bonds is 2. The van der Waals surface area contributed by atoms with Crippen LogP contribution < -0.4 is 5.73 Å². The second-order valence-corrected chi connectivity index (χ2v) is 4.89. The molecule has 0 saturated carbocycles. The van der Waals surface area contributed by atoms with Crippen molar-refractivity contribution >= 4 is 15.9 Å². The highest BCUT2D eigenvalue weighted by Gasteiger charge is 2.33. The zero-order valence-corrected chi connectivity index (χ0v) is 11.4. The van der Waals surface area contributed by atoms with Gasteiger partial charge in [0.15, 0.2) is 0 Å². The van der Waals surface area contributed by atoms with Crippen molar-refractivity contribution in [3.8, 4) is 5.69 Å². The molecule has 19 heavy (non-hydrogen) atoms. The molecule has 0 radical (unpaired) electrons. The van der Waals surface area contributed by atoms with Crippen LogP contribution in [0.4, 0.5) is 13.2 Å². The van der Waals surface area contributed by atoms with E-state index in [4.69, 9.17) is 5.73 Å². The molecule has 1 atom stereocenters. The van der Waals surface area contributed by atoms with Crippen LogP contribution in [0.1, 0.15) is 24.2 Å². The fraction of sp³-hybridized carbons (Fsp3) is 0.273. The third kappa shape index (κ3) is 2.95. The Morgan fingerprint density at radius 3 is 2.58 bits per heavy atom. The molecule has 1 aromatic heterocycles. The minimum absolute atomic E-state index is 0.0173. The molecule has 0 saturated heterocycles. The van der Waals surface area contributed by atoms with Crippen LogP contribution in [0, 0.1) is 0 Å². The van der Waals surface area contributed by atoms with Gasteiger partial charge in [0.25, 0.3) is 0 Å². The normalized spacial score (nSPS) is 13.6. The molecule has 0 spiro atoms. The molecule has 8 heteroatoms. The van der Waals surface area contributed by atoms with Gasteiger partial charge in [0.05, 0.1) is 23.1 Å². The largest absolute Gasteiger partial charge is 0.417 e. The number of aromatic nitrogens is 3. The molecule has 0 bridgehead atoms. The first-order valence-electron chi connectivity index (χ1n) is 5.34. The maximum atomic E-state index is 12.8. The van der Waals surface area contributed by atoms with Crippen LogP contribution in [0.3, 0.4) is 0 Å². The van der Waals surface area contributed by atoms with Gasteiger partial charge in [0.2, 0.25) is 0 Å². The third-order valence-corrected chi connectivity index (χ3v) is 3.19. The Hall–Kier alpha value is -1.41. The fourth-order valence-electron chi connectivity index (χ4n) is 1.48. The highest BCUT2D eigenvalue weighted by Crippen LogP contribution is 2.35. The zero-order chi connectivity index (χ0) is 14.2. The molecule has 102 valence electrons. The van der Waals surface area contributed by atoms with E-state index in [-0.39, 0.29) is 16.2 Å². The van der Waals surface area contributed by atoms with Crippen molar-refractivity contribution in [2.24, 2.45) is 5.73 Å². The van der Waals surface area contributed by atoms with Crippen LogP contribution in [0.15, 0.2) is 28.9 Å². The highest BCUT2D eigenvalue weighted by atomic mass is 79.9. The van der Waals surface area contributed by atoms with Gasteiger partial charge in [0.1, 0.15) is 0 Å². The topological polar surface area (TPSA) is 56.7 Å². The lowest BCUT2D eigenvalue weighted by atomic mass is 10.2. The first kappa shape index (κ1) is 14.0. The summed E-state index contributed by atoms with van der Waals surface area (Å²) in [6.07, 6.45) is -2.92. The van der Waals surface area contributed by atoms with Crippen molar-refractivity contribution in [2.75, 3.05) is 0 Å². The van der Waals surface area contributed by atoms with E-state index >= 15 is 0 Å². The molecule has 2 N–H and O–H groups in total. The van der Waals surface area contributed by atoms with Crippen LogP contribution in [-0.4, -0.2) is 15.0 Å². The van der Waals surface area contributed by atoms with Crippen molar-refractivity contribution in [1.29, 1.82) is 0 Å². The fourth-order valence-corrected chi connectivity index (χ4v) is 1.96. The minimum Gasteiger partial charge on any atom is -0.323 e. The third-order valence-electron chi connectivity index (χ3n) is 2.50. The van der Waals surface area contributed by atoms with Gasteiger partial charge in [-0.25, -0.2) is 4.68 Å². The maximum Gasteiger partial charge on any atom is 0.417 e. The van der Waals surface area contributed by atoms with Crippen molar-refractivity contribution in [2.45, 2.75) is 19.1 Å². The first-order chi connectivity index (χ1) is 8.79. The van der Waals surface area contributed by atoms with Gasteiger partial charge < -0.3 is 5.73 Å². The van der Waals surface area contributed by atoms with E-state index in [1.807, 2.05) is 0 Å². The first-order valence-corrected chi connectivity index (χ1v) is 6.13. The predicted octanol–water partition coefficient (Wildman–Crippen LogP) is 3.07. The number of hydrogen-bond donors (Lipinski definition) is 1. The van der Waals surface area contributed by atoms with E-state index in [2.05, 4.69) is 26.2 Å². The summed E-state index contributed by atoms with van der Waals surface area (Å²) in [6.45, 7) is 1.72. The minimum atomic E-state index is -4.43. The number of nitrogens with two attached hydrogens (primary N) is 1. The standard InChI is InChI=1S/C11H10BrF3N4/c1-6(16)10-5-19(18-17-10)7-2-3-9(12)8(4-7)11(13,14)15/h2-6H,16H2,1H3. The smallest absolute Gasteiger partial charge is 0.323 e. The van der Waals surface area contributed by atoms with Gasteiger partial charge in [-0.15, -0.1) is 5.10 Å². The van der Waals surface area contributed by atoms with Gasteiger partial charge in [0, 0.05) is 10.5 Å². The van der Waals surface area contributed by atoms with Crippen LogP contribution in [-0.2, 0) is 6.18 Å². The average molecular weight is 335 g/mol. The zero-order valence-electron chi connectivity index (χ0n) is 9.82. The average Bonchev–Trinajstić information content (AvgIpc) is 2.77. The van der Waals surface area contributed by atoms with Gasteiger partial charge in [-0.3, -0.25) is 0 Å². The summed E-state index contributed by atoms with van der Waals surface area (Å²) in [5.41, 5.74) is 5.65. The van der Waals surface area contributed by atoms with Crippen molar-refractivity contribution in [3.05, 3.63) is 40.1 Å². The van der Waals surface area contributed by atoms with Gasteiger partial charge in [-0.2, -0.15) is 13.2 Å². The molecule has 0 aliphatic rings. The van der Waals surface area contributed by atoms with Crippen LogP contribution in [0.2, 0.25) is 0 Å². The summed E-state index contributed by atoms with van der Waals surface area (Å²) in [5, 5.41) is 7.57. The Labute approximate surface area is 115 Å². The molecule has 2 aromatic rings. The van der Waals surface area contributed by atoms with Crippen molar-refractivity contribution in [1.82, 2.24) is 15.0 Å². The lowest BCUT2D eigenvalue weighted by Crippen LogP contribution is -2.08. The van der Waals surface area contributed by atoms with Crippen LogP contribution in [0.5, 0.6) is 0 Å². The Bertz CT molecular complexity index is 592. The molecule has 2 rings (SSSR count). The molecular weight excluding hydrogens is 325 g/mol.